The van der Waals surface area contributed by atoms with Crippen LogP contribution in [0.25, 0.3) is 21.5 Å². The molecule has 0 saturated carbocycles. The fourth-order valence-electron chi connectivity index (χ4n) is 3.01. The van der Waals surface area contributed by atoms with Crippen molar-refractivity contribution >= 4 is 27.8 Å². The third-order valence-electron chi connectivity index (χ3n) is 4.16. The summed E-state index contributed by atoms with van der Waals surface area (Å²) in [5.74, 6) is 0. The Bertz CT molecular complexity index is 999. The highest BCUT2D eigenvalue weighted by Crippen LogP contribution is 2.43. The molecule has 0 spiro atoms. The Kier molecular flexibility index (Phi) is 3.78. The van der Waals surface area contributed by atoms with Gasteiger partial charge in [0.05, 0.1) is 11.1 Å². The van der Waals surface area contributed by atoms with Crippen LogP contribution in [0.5, 0.6) is 0 Å². The highest BCUT2D eigenvalue weighted by atomic mass is 19.4. The molecule has 3 aromatic carbocycles. The summed E-state index contributed by atoms with van der Waals surface area (Å²) in [5.41, 5.74) is -1.70. The van der Waals surface area contributed by atoms with Gasteiger partial charge in [-0.15, -0.1) is 0 Å². The number of alkyl halides is 6. The van der Waals surface area contributed by atoms with Gasteiger partial charge < -0.3 is 0 Å². The summed E-state index contributed by atoms with van der Waals surface area (Å²) in [5, 5.41) is -0.492. The summed E-state index contributed by atoms with van der Waals surface area (Å²) in [7, 11) is 0. The van der Waals surface area contributed by atoms with Gasteiger partial charge in [0.25, 0.3) is 0 Å². The largest absolute Gasteiger partial charge is 0.417 e. The van der Waals surface area contributed by atoms with E-state index in [-0.39, 0.29) is 27.1 Å². The molecule has 0 aromatic heterocycles. The molecule has 0 bridgehead atoms. The smallest absolute Gasteiger partial charge is 0.298 e. The van der Waals surface area contributed by atoms with Crippen LogP contribution in [0, 0.1) is 6.92 Å². The van der Waals surface area contributed by atoms with Gasteiger partial charge in [0, 0.05) is 5.56 Å². The lowest BCUT2D eigenvalue weighted by atomic mass is 9.90. The molecule has 130 valence electrons. The van der Waals surface area contributed by atoms with Gasteiger partial charge in [0.2, 0.25) is 0 Å². The zero-order chi connectivity index (χ0) is 18.6. The summed E-state index contributed by atoms with van der Waals surface area (Å²) in [6.07, 6.45) is -9.02. The molecule has 0 aliphatic rings. The lowest BCUT2D eigenvalue weighted by Gasteiger charge is -2.18. The Morgan fingerprint density at radius 1 is 0.760 bits per heavy atom. The number of carbonyl (C=O) groups is 1. The zero-order valence-corrected chi connectivity index (χ0v) is 12.7. The molecule has 0 amide bonds. The average Bonchev–Trinajstić information content (AvgIpc) is 2.52. The van der Waals surface area contributed by atoms with E-state index in [4.69, 9.17) is 0 Å². The van der Waals surface area contributed by atoms with Crippen LogP contribution in [-0.2, 0) is 12.4 Å². The minimum atomic E-state index is -4.79. The number of fused-ring (bicyclic) bond motifs is 2. The van der Waals surface area contributed by atoms with Gasteiger partial charge in [0.1, 0.15) is 6.29 Å². The third kappa shape index (κ3) is 2.83. The van der Waals surface area contributed by atoms with Crippen molar-refractivity contribution in [3.8, 4) is 0 Å². The molecule has 0 saturated heterocycles. The summed E-state index contributed by atoms with van der Waals surface area (Å²) < 4.78 is 79.7. The summed E-state index contributed by atoms with van der Waals surface area (Å²) >= 11 is 0. The molecule has 7 heteroatoms. The number of aldehydes is 1. The van der Waals surface area contributed by atoms with Crippen molar-refractivity contribution in [2.75, 3.05) is 0 Å². The maximum absolute atomic E-state index is 13.6. The second-order valence-corrected chi connectivity index (χ2v) is 5.68. The predicted octanol–water partition coefficient (Wildman–Crippen LogP) is 6.15. The van der Waals surface area contributed by atoms with Gasteiger partial charge in [-0.3, -0.25) is 4.79 Å². The maximum Gasteiger partial charge on any atom is 0.417 e. The molecule has 25 heavy (non-hydrogen) atoms. The summed E-state index contributed by atoms with van der Waals surface area (Å²) in [6.45, 7) is 1.46. The SMILES string of the molecule is Cc1c2cc(C(F)(F)F)ccc2c(C(F)(F)F)c2cc(C=O)ccc12. The topological polar surface area (TPSA) is 17.1 Å². The first-order chi connectivity index (χ1) is 11.5. The van der Waals surface area contributed by atoms with E-state index in [1.54, 1.807) is 0 Å². The molecule has 0 radical (unpaired) electrons. The normalized spacial score (nSPS) is 12.8. The van der Waals surface area contributed by atoms with Crippen molar-refractivity contribution in [3.05, 3.63) is 58.7 Å². The average molecular weight is 356 g/mol. The molecule has 0 aliphatic carbocycles. The maximum atomic E-state index is 13.6. The number of benzene rings is 3. The lowest BCUT2D eigenvalue weighted by Crippen LogP contribution is -2.09. The van der Waals surface area contributed by atoms with Gasteiger partial charge in [0.15, 0.2) is 0 Å². The number of carbonyl (C=O) groups excluding carboxylic acids is 1. The summed E-state index contributed by atoms with van der Waals surface area (Å²) in [6, 6.07) is 5.96. The number of halogens is 6. The van der Waals surface area contributed by atoms with Crippen LogP contribution in [-0.4, -0.2) is 6.29 Å². The molecule has 0 aliphatic heterocycles. The fraction of sp³-hybridized carbons (Fsp3) is 0.167. The molecular formula is C18H10F6O. The zero-order valence-electron chi connectivity index (χ0n) is 12.7. The van der Waals surface area contributed by atoms with Crippen molar-refractivity contribution in [1.29, 1.82) is 0 Å². The molecule has 0 N–H and O–H groups in total. The van der Waals surface area contributed by atoms with E-state index in [2.05, 4.69) is 0 Å². The van der Waals surface area contributed by atoms with Crippen molar-refractivity contribution in [3.63, 3.8) is 0 Å². The van der Waals surface area contributed by atoms with Gasteiger partial charge in [-0.25, -0.2) is 0 Å². The number of rotatable bonds is 1. The molecule has 0 unspecified atom stereocenters. The molecule has 0 atom stereocenters. The number of hydrogen-bond acceptors (Lipinski definition) is 1. The second kappa shape index (κ2) is 5.47. The molecule has 3 rings (SSSR count). The van der Waals surface area contributed by atoms with Gasteiger partial charge in [-0.1, -0.05) is 18.2 Å². The molecule has 0 heterocycles. The first kappa shape index (κ1) is 17.3. The van der Waals surface area contributed by atoms with E-state index in [0.717, 1.165) is 18.2 Å². The van der Waals surface area contributed by atoms with Crippen molar-refractivity contribution < 1.29 is 31.1 Å². The van der Waals surface area contributed by atoms with Crippen LogP contribution in [0.4, 0.5) is 26.3 Å². The van der Waals surface area contributed by atoms with Crippen LogP contribution in [0.2, 0.25) is 0 Å². The highest BCUT2D eigenvalue weighted by Gasteiger charge is 2.37. The Balaban J connectivity index is 2.55. The van der Waals surface area contributed by atoms with E-state index >= 15 is 0 Å². The predicted molar refractivity (Wildman–Crippen MR) is 81.6 cm³/mol. The molecule has 3 aromatic rings. The Hall–Kier alpha value is -2.57. The Labute approximate surface area is 137 Å². The van der Waals surface area contributed by atoms with Crippen LogP contribution in [0.15, 0.2) is 36.4 Å². The lowest BCUT2D eigenvalue weighted by molar-refractivity contribution is -0.137. The first-order valence-electron chi connectivity index (χ1n) is 7.13. The van der Waals surface area contributed by atoms with Crippen molar-refractivity contribution in [2.24, 2.45) is 0 Å². The number of aryl methyl sites for hydroxylation is 1. The van der Waals surface area contributed by atoms with Gasteiger partial charge in [-0.2, -0.15) is 26.3 Å². The van der Waals surface area contributed by atoms with Crippen LogP contribution in [0.1, 0.15) is 27.0 Å². The Morgan fingerprint density at radius 3 is 1.96 bits per heavy atom. The van der Waals surface area contributed by atoms with Crippen LogP contribution in [0.3, 0.4) is 0 Å². The van der Waals surface area contributed by atoms with Gasteiger partial charge >= 0.3 is 12.4 Å². The third-order valence-corrected chi connectivity index (χ3v) is 4.16. The van der Waals surface area contributed by atoms with Gasteiger partial charge in [-0.05, 0) is 52.2 Å². The second-order valence-electron chi connectivity index (χ2n) is 5.68. The minimum Gasteiger partial charge on any atom is -0.298 e. The summed E-state index contributed by atoms with van der Waals surface area (Å²) in [4.78, 5) is 10.9. The molecule has 1 nitrogen and oxygen atoms in total. The van der Waals surface area contributed by atoms with Crippen LogP contribution >= 0.6 is 0 Å². The standard InChI is InChI=1S/C18H10F6O/c1-9-12-4-2-10(8-25)6-15(12)16(18(22,23)24)13-5-3-11(7-14(9)13)17(19,20)21/h2-8H,1H3. The van der Waals surface area contributed by atoms with E-state index < -0.39 is 23.5 Å². The van der Waals surface area contributed by atoms with E-state index in [1.807, 2.05) is 0 Å². The molecular weight excluding hydrogens is 346 g/mol. The molecule has 0 fully saturated rings. The van der Waals surface area contributed by atoms with E-state index in [1.165, 1.54) is 19.1 Å². The van der Waals surface area contributed by atoms with E-state index in [0.29, 0.717) is 17.9 Å². The van der Waals surface area contributed by atoms with Crippen molar-refractivity contribution in [2.45, 2.75) is 19.3 Å². The fourth-order valence-corrected chi connectivity index (χ4v) is 3.01. The van der Waals surface area contributed by atoms with Crippen LogP contribution < -0.4 is 0 Å². The van der Waals surface area contributed by atoms with E-state index in [9.17, 15) is 31.1 Å². The number of hydrogen-bond donors (Lipinski definition) is 0. The quantitative estimate of drug-likeness (QED) is 0.290. The Morgan fingerprint density at radius 2 is 1.40 bits per heavy atom. The first-order valence-corrected chi connectivity index (χ1v) is 7.13. The van der Waals surface area contributed by atoms with Crippen molar-refractivity contribution in [1.82, 2.24) is 0 Å². The monoisotopic (exact) mass is 356 g/mol. The minimum absolute atomic E-state index is 0.0589. The highest BCUT2D eigenvalue weighted by molar-refractivity contribution is 6.07.